The maximum absolute atomic E-state index is 12.4. The number of fused-ring (bicyclic) bond motifs is 1. The fraction of sp³-hybridized carbons (Fsp3) is 0.222. The van der Waals surface area contributed by atoms with Gasteiger partial charge < -0.3 is 20.1 Å². The Hall–Kier alpha value is -2.73. The smallest absolute Gasteiger partial charge is 0.255 e. The van der Waals surface area contributed by atoms with Crippen LogP contribution in [0.2, 0.25) is 5.02 Å². The molecule has 128 valence electrons. The van der Waals surface area contributed by atoms with Crippen LogP contribution in [-0.2, 0) is 0 Å². The number of hydrogen-bond donors (Lipinski definition) is 2. The zero-order chi connectivity index (χ0) is 17.4. The van der Waals surface area contributed by atoms with Crippen molar-refractivity contribution in [2.75, 3.05) is 12.1 Å². The monoisotopic (exact) mass is 358 g/mol. The van der Waals surface area contributed by atoms with E-state index in [1.165, 1.54) is 6.07 Å². The molecule has 7 heteroatoms. The molecule has 2 aromatic rings. The van der Waals surface area contributed by atoms with E-state index < -0.39 is 0 Å². The van der Waals surface area contributed by atoms with Gasteiger partial charge in [-0.05, 0) is 49.2 Å². The second kappa shape index (κ2) is 6.29. The number of nitrogens with one attached hydrogen (secondary N) is 2. The van der Waals surface area contributed by atoms with Crippen molar-refractivity contribution < 1.29 is 19.1 Å². The summed E-state index contributed by atoms with van der Waals surface area (Å²) < 4.78 is 10.5. The predicted molar refractivity (Wildman–Crippen MR) is 92.5 cm³/mol. The van der Waals surface area contributed by atoms with Crippen LogP contribution in [0.25, 0.3) is 0 Å². The van der Waals surface area contributed by atoms with Gasteiger partial charge in [0, 0.05) is 22.9 Å². The first-order chi connectivity index (χ1) is 12.1. The molecule has 6 nitrogen and oxygen atoms in total. The van der Waals surface area contributed by atoms with Crippen molar-refractivity contribution in [1.82, 2.24) is 5.32 Å². The van der Waals surface area contributed by atoms with Gasteiger partial charge in [0.05, 0.1) is 5.02 Å². The maximum atomic E-state index is 12.4. The van der Waals surface area contributed by atoms with E-state index in [1.807, 2.05) is 0 Å². The minimum Gasteiger partial charge on any atom is -0.454 e. The minimum absolute atomic E-state index is 0.0878. The van der Waals surface area contributed by atoms with E-state index in [2.05, 4.69) is 10.6 Å². The van der Waals surface area contributed by atoms with Crippen molar-refractivity contribution in [3.8, 4) is 11.5 Å². The topological polar surface area (TPSA) is 76.7 Å². The molecule has 0 aromatic heterocycles. The zero-order valence-electron chi connectivity index (χ0n) is 13.2. The first kappa shape index (κ1) is 15.8. The Balaban J connectivity index is 1.45. The van der Waals surface area contributed by atoms with Gasteiger partial charge >= 0.3 is 0 Å². The van der Waals surface area contributed by atoms with Crippen molar-refractivity contribution in [2.24, 2.45) is 0 Å². The summed E-state index contributed by atoms with van der Waals surface area (Å²) in [5.41, 5.74) is 1.52. The molecule has 1 saturated carbocycles. The van der Waals surface area contributed by atoms with E-state index in [-0.39, 0.29) is 18.6 Å². The number of halogens is 1. The number of hydrogen-bond acceptors (Lipinski definition) is 4. The fourth-order valence-corrected chi connectivity index (χ4v) is 2.77. The van der Waals surface area contributed by atoms with E-state index in [0.717, 1.165) is 12.8 Å². The summed E-state index contributed by atoms with van der Waals surface area (Å²) in [5, 5.41) is 6.02. The quantitative estimate of drug-likeness (QED) is 0.879. The largest absolute Gasteiger partial charge is 0.454 e. The first-order valence-corrected chi connectivity index (χ1v) is 8.29. The van der Waals surface area contributed by atoms with Gasteiger partial charge in [-0.25, -0.2) is 0 Å². The highest BCUT2D eigenvalue weighted by molar-refractivity contribution is 6.32. The second-order valence-corrected chi connectivity index (χ2v) is 6.38. The average molecular weight is 359 g/mol. The normalized spacial score (nSPS) is 14.9. The Bertz CT molecular complexity index is 847. The number of carbonyl (C=O) groups excluding carboxylic acids is 2. The number of benzene rings is 2. The van der Waals surface area contributed by atoms with Gasteiger partial charge in [-0.1, -0.05) is 11.6 Å². The molecule has 1 fully saturated rings. The Morgan fingerprint density at radius 2 is 1.76 bits per heavy atom. The van der Waals surface area contributed by atoms with Crippen molar-refractivity contribution >= 4 is 29.1 Å². The molecule has 0 spiro atoms. The summed E-state index contributed by atoms with van der Waals surface area (Å²) >= 11 is 6.09. The van der Waals surface area contributed by atoms with Gasteiger partial charge in [0.15, 0.2) is 11.5 Å². The summed E-state index contributed by atoms with van der Waals surface area (Å²) in [7, 11) is 0. The summed E-state index contributed by atoms with van der Waals surface area (Å²) in [6.07, 6.45) is 2.08. The van der Waals surface area contributed by atoms with Crippen LogP contribution >= 0.6 is 11.6 Å². The highest BCUT2D eigenvalue weighted by Crippen LogP contribution is 2.39. The van der Waals surface area contributed by atoms with Gasteiger partial charge in [0.25, 0.3) is 11.8 Å². The molecule has 2 aliphatic rings. The van der Waals surface area contributed by atoms with Gasteiger partial charge in [0.2, 0.25) is 6.79 Å². The summed E-state index contributed by atoms with van der Waals surface area (Å²) in [6.45, 7) is 0.0878. The molecular formula is C18H15ClN2O4. The summed E-state index contributed by atoms with van der Waals surface area (Å²) in [5.74, 6) is 0.479. The van der Waals surface area contributed by atoms with Crippen molar-refractivity contribution in [3.05, 3.63) is 52.5 Å². The zero-order valence-corrected chi connectivity index (χ0v) is 13.9. The Morgan fingerprint density at radius 3 is 2.48 bits per heavy atom. The third kappa shape index (κ3) is 3.39. The van der Waals surface area contributed by atoms with Crippen LogP contribution in [0.3, 0.4) is 0 Å². The van der Waals surface area contributed by atoms with Gasteiger partial charge in [0.1, 0.15) is 0 Å². The first-order valence-electron chi connectivity index (χ1n) is 7.91. The van der Waals surface area contributed by atoms with E-state index in [0.29, 0.717) is 39.4 Å². The molecule has 0 bridgehead atoms. The molecule has 1 aliphatic heterocycles. The van der Waals surface area contributed by atoms with Crippen molar-refractivity contribution in [3.63, 3.8) is 0 Å². The second-order valence-electron chi connectivity index (χ2n) is 5.97. The average Bonchev–Trinajstić information content (AvgIpc) is 3.28. The van der Waals surface area contributed by atoms with Gasteiger partial charge in [-0.2, -0.15) is 0 Å². The Morgan fingerprint density at radius 1 is 1.00 bits per heavy atom. The van der Waals surface area contributed by atoms with Crippen LogP contribution in [0.4, 0.5) is 5.69 Å². The Labute approximate surface area is 149 Å². The molecule has 25 heavy (non-hydrogen) atoms. The van der Waals surface area contributed by atoms with Crippen LogP contribution in [0.5, 0.6) is 11.5 Å². The van der Waals surface area contributed by atoms with Crippen LogP contribution in [-0.4, -0.2) is 24.6 Å². The summed E-state index contributed by atoms with van der Waals surface area (Å²) in [6, 6.07) is 10.2. The molecule has 0 radical (unpaired) electrons. The van der Waals surface area contributed by atoms with Crippen molar-refractivity contribution in [1.29, 1.82) is 0 Å². The molecule has 4 rings (SSSR count). The fourth-order valence-electron chi connectivity index (χ4n) is 2.50. The van der Waals surface area contributed by atoms with E-state index in [9.17, 15) is 9.59 Å². The third-order valence-electron chi connectivity index (χ3n) is 4.01. The standard InChI is InChI=1S/C18H15ClN2O4/c19-14-7-11(8-15-16(14)25-9-24-15)18(23)21-12-3-1-10(2-4-12)17(22)20-13-5-6-13/h1-4,7-8,13H,5-6,9H2,(H,20,22)(H,21,23). The molecule has 2 aromatic carbocycles. The lowest BCUT2D eigenvalue weighted by molar-refractivity contribution is 0.0950. The lowest BCUT2D eigenvalue weighted by Crippen LogP contribution is -2.25. The molecule has 2 N–H and O–H groups in total. The van der Waals surface area contributed by atoms with E-state index in [4.69, 9.17) is 21.1 Å². The molecule has 1 heterocycles. The summed E-state index contributed by atoms with van der Waals surface area (Å²) in [4.78, 5) is 24.4. The minimum atomic E-state index is -0.324. The number of rotatable bonds is 4. The molecule has 2 amide bonds. The van der Waals surface area contributed by atoms with E-state index >= 15 is 0 Å². The maximum Gasteiger partial charge on any atom is 0.255 e. The van der Waals surface area contributed by atoms with E-state index in [1.54, 1.807) is 30.3 Å². The number of amides is 2. The molecule has 0 atom stereocenters. The molecule has 0 unspecified atom stereocenters. The van der Waals surface area contributed by atoms with Crippen LogP contribution in [0.1, 0.15) is 33.6 Å². The molecular weight excluding hydrogens is 344 g/mol. The van der Waals surface area contributed by atoms with Crippen LogP contribution in [0, 0.1) is 0 Å². The van der Waals surface area contributed by atoms with Crippen molar-refractivity contribution in [2.45, 2.75) is 18.9 Å². The third-order valence-corrected chi connectivity index (χ3v) is 4.29. The predicted octanol–water partition coefficient (Wildman–Crippen LogP) is 3.21. The highest BCUT2D eigenvalue weighted by Gasteiger charge is 2.24. The number of carbonyl (C=O) groups is 2. The van der Waals surface area contributed by atoms with Crippen LogP contribution in [0.15, 0.2) is 36.4 Å². The SMILES string of the molecule is O=C(Nc1ccc(C(=O)NC2CC2)cc1)c1cc(Cl)c2c(c1)OCO2. The van der Waals surface area contributed by atoms with Gasteiger partial charge in [-0.3, -0.25) is 9.59 Å². The molecule has 0 saturated heterocycles. The highest BCUT2D eigenvalue weighted by atomic mass is 35.5. The molecule has 1 aliphatic carbocycles. The lowest BCUT2D eigenvalue weighted by Gasteiger charge is -2.08. The van der Waals surface area contributed by atoms with Crippen LogP contribution < -0.4 is 20.1 Å². The number of anilines is 1. The number of ether oxygens (including phenoxy) is 2. The van der Waals surface area contributed by atoms with Gasteiger partial charge in [-0.15, -0.1) is 0 Å². The Kier molecular flexibility index (Phi) is 3.97. The lowest BCUT2D eigenvalue weighted by atomic mass is 10.1.